The minimum atomic E-state index is -4.27. The molecule has 0 unspecified atom stereocenters. The molecule has 2 fully saturated rings. The van der Waals surface area contributed by atoms with Crippen LogP contribution in [0.3, 0.4) is 0 Å². The van der Waals surface area contributed by atoms with Gasteiger partial charge in [0.2, 0.25) is 10.0 Å². The van der Waals surface area contributed by atoms with Gasteiger partial charge in [-0.1, -0.05) is 12.2 Å². The minimum absolute atomic E-state index is 0.0980. The Kier molecular flexibility index (Phi) is 10.0. The number of nitrogens with two attached hydrogens (primary N) is 1. The number of piperazine rings is 2. The normalized spacial score (nSPS) is 20.1. The highest BCUT2D eigenvalue weighted by atomic mass is 32.2. The van der Waals surface area contributed by atoms with E-state index in [1.54, 1.807) is 0 Å². The number of hydrogen-bond acceptors (Lipinski definition) is 9. The molecule has 3 N–H and O–H groups in total. The number of sulfonamides is 1. The van der Waals surface area contributed by atoms with Gasteiger partial charge in [0.25, 0.3) is 0 Å². The second kappa shape index (κ2) is 13.2. The van der Waals surface area contributed by atoms with Gasteiger partial charge in [-0.15, -0.1) is 0 Å². The van der Waals surface area contributed by atoms with Crippen LogP contribution in [0.15, 0.2) is 41.0 Å². The van der Waals surface area contributed by atoms with Crippen LogP contribution in [0.4, 0.5) is 5.69 Å². The lowest BCUT2D eigenvalue weighted by molar-refractivity contribution is 0.0696. The molecule has 39 heavy (non-hydrogen) atoms. The van der Waals surface area contributed by atoms with Crippen molar-refractivity contribution in [1.29, 1.82) is 0 Å². The molecule has 3 aliphatic rings. The predicted octanol–water partition coefficient (Wildman–Crippen LogP) is 0.946. The Morgan fingerprint density at radius 2 is 1.54 bits per heavy atom. The molecule has 0 amide bonds. The Morgan fingerprint density at radius 1 is 0.974 bits per heavy atom. The van der Waals surface area contributed by atoms with Crippen molar-refractivity contribution in [3.8, 4) is 5.75 Å². The first-order chi connectivity index (χ1) is 18.6. The molecule has 2 saturated heterocycles. The number of likely N-dealkylation sites (N-methyl/N-ethyl adjacent to an activating group) is 2. The third kappa shape index (κ3) is 8.26. The van der Waals surface area contributed by atoms with E-state index >= 15 is 0 Å². The fraction of sp³-hybridized carbons (Fsp3) is 0.593. The summed E-state index contributed by atoms with van der Waals surface area (Å²) in [6.07, 6.45) is 7.09. The zero-order valence-corrected chi connectivity index (χ0v) is 23.9. The van der Waals surface area contributed by atoms with E-state index in [1.165, 1.54) is 6.07 Å². The van der Waals surface area contributed by atoms with Gasteiger partial charge in [-0.25, -0.2) is 18.4 Å². The lowest BCUT2D eigenvalue weighted by atomic mass is 10.1. The summed E-state index contributed by atoms with van der Waals surface area (Å²) in [6.45, 7) is 10.5. The van der Waals surface area contributed by atoms with E-state index in [2.05, 4.69) is 38.6 Å². The quantitative estimate of drug-likeness (QED) is 0.403. The maximum absolute atomic E-state index is 12.7. The third-order valence-electron chi connectivity index (χ3n) is 7.70. The van der Waals surface area contributed by atoms with Crippen molar-refractivity contribution in [1.82, 2.24) is 19.6 Å². The van der Waals surface area contributed by atoms with Crippen LogP contribution in [0.2, 0.25) is 0 Å². The summed E-state index contributed by atoms with van der Waals surface area (Å²) in [5.41, 5.74) is 0.306. The van der Waals surface area contributed by atoms with Gasteiger partial charge in [-0.3, -0.25) is 9.80 Å². The molecule has 0 atom stereocenters. The predicted molar refractivity (Wildman–Crippen MR) is 152 cm³/mol. The van der Waals surface area contributed by atoms with Gasteiger partial charge in [0, 0.05) is 85.0 Å². The van der Waals surface area contributed by atoms with Gasteiger partial charge in [-0.2, -0.15) is 0 Å². The van der Waals surface area contributed by atoms with E-state index in [-0.39, 0.29) is 16.2 Å². The lowest BCUT2D eigenvalue weighted by Crippen LogP contribution is -2.49. The molecular formula is C27H42N6O5S. The zero-order chi connectivity index (χ0) is 28.0. The molecule has 2 aliphatic heterocycles. The number of aromatic carboxylic acids is 1. The number of allylic oxidation sites excluding steroid dienone is 4. The van der Waals surface area contributed by atoms with Crippen LogP contribution in [0.1, 0.15) is 23.2 Å². The first kappa shape index (κ1) is 29.5. The number of anilines is 1. The average molecular weight is 563 g/mol. The Labute approximate surface area is 232 Å². The summed E-state index contributed by atoms with van der Waals surface area (Å²) >= 11 is 0. The summed E-state index contributed by atoms with van der Waals surface area (Å²) in [7, 11) is -0.0401. The molecule has 0 radical (unpaired) electrons. The van der Waals surface area contributed by atoms with Crippen molar-refractivity contribution in [3.05, 3.63) is 41.7 Å². The topological polar surface area (TPSA) is 123 Å². The van der Waals surface area contributed by atoms with Gasteiger partial charge >= 0.3 is 5.97 Å². The Balaban J connectivity index is 1.70. The molecule has 1 aromatic rings. The van der Waals surface area contributed by atoms with Crippen molar-refractivity contribution in [3.63, 3.8) is 0 Å². The molecule has 4 rings (SSSR count). The number of nitrogens with zero attached hydrogens (tertiary/aromatic N) is 5. The van der Waals surface area contributed by atoms with Crippen LogP contribution in [0.25, 0.3) is 0 Å². The molecule has 12 heteroatoms. The van der Waals surface area contributed by atoms with Crippen molar-refractivity contribution < 1.29 is 23.1 Å². The van der Waals surface area contributed by atoms with Crippen LogP contribution in [-0.2, 0) is 10.0 Å². The SMILES string of the molecule is CN1CCN(CCN(CCN2CCN(C)CC2)c2cc(C(=O)O)cc(S(N)(=O)=O)c2OC2=CC=CCC2)CC1. The zero-order valence-electron chi connectivity index (χ0n) is 23.1. The number of carboxylic acids is 1. The minimum Gasteiger partial charge on any atom is -0.478 e. The van der Waals surface area contributed by atoms with Crippen molar-refractivity contribution >= 4 is 21.7 Å². The van der Waals surface area contributed by atoms with E-state index < -0.39 is 16.0 Å². The highest BCUT2D eigenvalue weighted by molar-refractivity contribution is 7.89. The highest BCUT2D eigenvalue weighted by Gasteiger charge is 2.28. The van der Waals surface area contributed by atoms with Crippen LogP contribution in [-0.4, -0.2) is 132 Å². The maximum atomic E-state index is 12.7. The van der Waals surface area contributed by atoms with Gasteiger partial charge < -0.3 is 24.5 Å². The van der Waals surface area contributed by atoms with E-state index in [1.807, 2.05) is 18.2 Å². The molecule has 1 aromatic carbocycles. The van der Waals surface area contributed by atoms with Crippen molar-refractivity contribution in [2.45, 2.75) is 17.7 Å². The van der Waals surface area contributed by atoms with Crippen molar-refractivity contribution in [2.75, 3.05) is 97.5 Å². The van der Waals surface area contributed by atoms with Gasteiger partial charge in [0.05, 0.1) is 11.3 Å². The summed E-state index contributed by atoms with van der Waals surface area (Å²) in [6, 6.07) is 2.63. The number of carbonyl (C=O) groups is 1. The first-order valence-electron chi connectivity index (χ1n) is 13.6. The average Bonchev–Trinajstić information content (AvgIpc) is 2.91. The number of ether oxygens (including phenoxy) is 1. The van der Waals surface area contributed by atoms with E-state index in [0.29, 0.717) is 31.0 Å². The second-order valence-electron chi connectivity index (χ2n) is 10.7. The molecule has 0 bridgehead atoms. The van der Waals surface area contributed by atoms with Crippen LogP contribution in [0, 0.1) is 0 Å². The molecule has 2 heterocycles. The molecule has 1 aliphatic carbocycles. The maximum Gasteiger partial charge on any atom is 0.335 e. The van der Waals surface area contributed by atoms with Crippen LogP contribution >= 0.6 is 0 Å². The number of benzene rings is 1. The summed E-state index contributed by atoms with van der Waals surface area (Å²) < 4.78 is 31.7. The van der Waals surface area contributed by atoms with Crippen LogP contribution in [0.5, 0.6) is 5.75 Å². The van der Waals surface area contributed by atoms with E-state index in [0.717, 1.165) is 77.9 Å². The third-order valence-corrected chi connectivity index (χ3v) is 8.62. The van der Waals surface area contributed by atoms with Gasteiger partial charge in [-0.05, 0) is 38.7 Å². The largest absolute Gasteiger partial charge is 0.478 e. The fourth-order valence-electron chi connectivity index (χ4n) is 5.08. The lowest BCUT2D eigenvalue weighted by Gasteiger charge is -2.37. The Bertz CT molecular complexity index is 1150. The molecule has 216 valence electrons. The smallest absolute Gasteiger partial charge is 0.335 e. The van der Waals surface area contributed by atoms with Gasteiger partial charge in [0.15, 0.2) is 5.75 Å². The van der Waals surface area contributed by atoms with Crippen molar-refractivity contribution in [2.24, 2.45) is 5.14 Å². The molecule has 0 saturated carbocycles. The molecule has 11 nitrogen and oxygen atoms in total. The molecule has 0 aromatic heterocycles. The Morgan fingerprint density at radius 3 is 2.00 bits per heavy atom. The standard InChI is InChI=1S/C27H42N6O5S/c1-29-8-12-31(13-9-29)16-18-33(19-17-32-14-10-30(2)11-15-32)24-20-22(27(34)35)21-25(39(28,36)37)26(24)38-23-6-4-3-5-7-23/h3-4,6,20-21H,5,7-19H2,1-2H3,(H,34,35)(H2,28,36,37). The highest BCUT2D eigenvalue weighted by Crippen LogP contribution is 2.38. The number of hydrogen-bond donors (Lipinski definition) is 2. The summed E-state index contributed by atoms with van der Waals surface area (Å²) in [4.78, 5) is 23.2. The van der Waals surface area contributed by atoms with Crippen LogP contribution < -0.4 is 14.8 Å². The fourth-order valence-corrected chi connectivity index (χ4v) is 5.77. The Hall–Kier alpha value is -2.48. The number of rotatable bonds is 11. The molecule has 0 spiro atoms. The van der Waals surface area contributed by atoms with E-state index in [9.17, 15) is 18.3 Å². The number of primary sulfonamides is 1. The van der Waals surface area contributed by atoms with E-state index in [4.69, 9.17) is 9.88 Å². The monoisotopic (exact) mass is 562 g/mol. The summed E-state index contributed by atoms with van der Waals surface area (Å²) in [5, 5.41) is 15.5. The second-order valence-corrected chi connectivity index (χ2v) is 12.2. The summed E-state index contributed by atoms with van der Waals surface area (Å²) in [5.74, 6) is -0.504. The van der Waals surface area contributed by atoms with Gasteiger partial charge in [0.1, 0.15) is 10.7 Å². The first-order valence-corrected chi connectivity index (χ1v) is 15.2. The molecular weight excluding hydrogens is 520 g/mol. The number of carboxylic acid groups (broad SMARTS) is 1.